The van der Waals surface area contributed by atoms with Crippen LogP contribution >= 0.6 is 0 Å². The van der Waals surface area contributed by atoms with Gasteiger partial charge in [-0.1, -0.05) is 39.3 Å². The SMILES string of the molecule is CCCCOC(C)(C)/C=C/C(O)C(C)(O)C1C(O)C[C@@]2(C)[C@@H]3CCc4c(cc(OC5OC(CO)C(O)C(O)C5O)c(O)c4C)[C@@]3(C)C(=O)C[C@]12C. The third kappa shape index (κ3) is 6.36. The van der Waals surface area contributed by atoms with Crippen LogP contribution in [-0.2, 0) is 26.1 Å². The van der Waals surface area contributed by atoms with Gasteiger partial charge < -0.3 is 55.1 Å². The van der Waals surface area contributed by atoms with Crippen LogP contribution in [0.5, 0.6) is 11.5 Å². The maximum atomic E-state index is 14.7. The molecule has 0 bridgehead atoms. The number of phenols is 1. The van der Waals surface area contributed by atoms with E-state index < -0.39 is 82.9 Å². The molecule has 4 aliphatic rings. The van der Waals surface area contributed by atoms with Gasteiger partial charge in [-0.2, -0.15) is 0 Å². The maximum absolute atomic E-state index is 14.7. The van der Waals surface area contributed by atoms with Gasteiger partial charge in [-0.25, -0.2) is 0 Å². The van der Waals surface area contributed by atoms with Gasteiger partial charge in [-0.15, -0.1) is 0 Å². The molecule has 0 aromatic heterocycles. The first-order valence-corrected chi connectivity index (χ1v) is 18.4. The van der Waals surface area contributed by atoms with Gasteiger partial charge in [0.2, 0.25) is 6.29 Å². The van der Waals surface area contributed by atoms with Crippen molar-refractivity contribution in [1.82, 2.24) is 0 Å². The molecule has 51 heavy (non-hydrogen) atoms. The zero-order valence-corrected chi connectivity index (χ0v) is 31.3. The summed E-state index contributed by atoms with van der Waals surface area (Å²) >= 11 is 0. The Kier molecular flexibility index (Phi) is 10.9. The molecule has 12 nitrogen and oxygen atoms in total. The Balaban J connectivity index is 1.49. The third-order valence-corrected chi connectivity index (χ3v) is 13.4. The van der Waals surface area contributed by atoms with Crippen LogP contribution in [0.2, 0.25) is 0 Å². The van der Waals surface area contributed by atoms with E-state index in [2.05, 4.69) is 13.8 Å². The van der Waals surface area contributed by atoms with E-state index in [0.29, 0.717) is 37.0 Å². The van der Waals surface area contributed by atoms with Crippen molar-refractivity contribution >= 4 is 5.78 Å². The van der Waals surface area contributed by atoms with Crippen LogP contribution in [0.25, 0.3) is 0 Å². The number of carbonyl (C=O) groups excluding carboxylic acids is 1. The fourth-order valence-electron chi connectivity index (χ4n) is 10.2. The molecule has 3 fully saturated rings. The first-order valence-electron chi connectivity index (χ1n) is 18.4. The minimum Gasteiger partial charge on any atom is -0.504 e. The number of aliphatic hydroxyl groups excluding tert-OH is 6. The predicted molar refractivity (Wildman–Crippen MR) is 187 cm³/mol. The number of carbonyl (C=O) groups is 1. The van der Waals surface area contributed by atoms with Crippen LogP contribution in [0.3, 0.4) is 0 Å². The van der Waals surface area contributed by atoms with Gasteiger partial charge in [-0.05, 0) is 99.8 Å². The molecular formula is C39H60O12. The van der Waals surface area contributed by atoms with Crippen molar-refractivity contribution in [3.8, 4) is 11.5 Å². The van der Waals surface area contributed by atoms with Crippen molar-refractivity contribution in [3.63, 3.8) is 0 Å². The van der Waals surface area contributed by atoms with Crippen LogP contribution in [-0.4, -0.2) is 114 Å². The highest BCUT2D eigenvalue weighted by Crippen LogP contribution is 2.72. The number of benzene rings is 1. The second-order valence-corrected chi connectivity index (χ2v) is 17.0. The minimum atomic E-state index is -1.79. The van der Waals surface area contributed by atoms with Crippen molar-refractivity contribution in [2.24, 2.45) is 22.7 Å². The minimum absolute atomic E-state index is 0.0126. The van der Waals surface area contributed by atoms with Crippen LogP contribution in [0.15, 0.2) is 18.2 Å². The van der Waals surface area contributed by atoms with Crippen molar-refractivity contribution in [3.05, 3.63) is 34.9 Å². The van der Waals surface area contributed by atoms with E-state index in [1.165, 1.54) is 13.0 Å². The first-order chi connectivity index (χ1) is 23.6. The Morgan fingerprint density at radius 3 is 2.37 bits per heavy atom. The van der Waals surface area contributed by atoms with Crippen molar-refractivity contribution in [2.75, 3.05) is 13.2 Å². The van der Waals surface area contributed by atoms with E-state index in [0.717, 1.165) is 18.4 Å². The summed E-state index contributed by atoms with van der Waals surface area (Å²) in [7, 11) is 0. The normalized spacial score (nSPS) is 40.0. The molecule has 1 aromatic rings. The molecule has 288 valence electrons. The summed E-state index contributed by atoms with van der Waals surface area (Å²) in [4.78, 5) is 14.7. The molecule has 1 saturated heterocycles. The zero-order chi connectivity index (χ0) is 38.1. The monoisotopic (exact) mass is 720 g/mol. The van der Waals surface area contributed by atoms with Crippen molar-refractivity contribution < 1.29 is 59.9 Å². The molecule has 13 atom stereocenters. The smallest absolute Gasteiger partial charge is 0.229 e. The second-order valence-electron chi connectivity index (χ2n) is 17.0. The van der Waals surface area contributed by atoms with Crippen LogP contribution in [0, 0.1) is 29.6 Å². The summed E-state index contributed by atoms with van der Waals surface area (Å²) in [5.41, 5.74) is -3.23. The van der Waals surface area contributed by atoms with E-state index in [1.54, 1.807) is 19.1 Å². The molecule has 9 unspecified atom stereocenters. The van der Waals surface area contributed by atoms with Gasteiger partial charge in [0.25, 0.3) is 0 Å². The Morgan fingerprint density at radius 1 is 1.08 bits per heavy atom. The molecule has 2 saturated carbocycles. The number of ketones is 1. The molecule has 5 rings (SSSR count). The van der Waals surface area contributed by atoms with Gasteiger partial charge in [0.15, 0.2) is 11.5 Å². The topological polar surface area (TPSA) is 207 Å². The lowest BCUT2D eigenvalue weighted by atomic mass is 9.41. The summed E-state index contributed by atoms with van der Waals surface area (Å²) in [6, 6.07) is 1.58. The highest BCUT2D eigenvalue weighted by molar-refractivity contribution is 5.93. The van der Waals surface area contributed by atoms with Gasteiger partial charge in [0.05, 0.1) is 29.3 Å². The van der Waals surface area contributed by atoms with E-state index in [-0.39, 0.29) is 29.6 Å². The largest absolute Gasteiger partial charge is 0.504 e. The molecule has 3 aliphatic carbocycles. The summed E-state index contributed by atoms with van der Waals surface area (Å²) < 4.78 is 17.4. The van der Waals surface area contributed by atoms with Crippen LogP contribution in [0.1, 0.15) is 97.3 Å². The molecule has 1 heterocycles. The van der Waals surface area contributed by atoms with Crippen LogP contribution < -0.4 is 4.74 Å². The van der Waals surface area contributed by atoms with Crippen molar-refractivity contribution in [2.45, 2.75) is 153 Å². The van der Waals surface area contributed by atoms with E-state index >= 15 is 0 Å². The quantitative estimate of drug-likeness (QED) is 0.123. The lowest BCUT2D eigenvalue weighted by Crippen LogP contribution is -2.64. The zero-order valence-electron chi connectivity index (χ0n) is 31.3. The fraction of sp³-hybridized carbons (Fsp3) is 0.769. The molecule has 12 heteroatoms. The Bertz CT molecular complexity index is 1490. The molecule has 1 aromatic carbocycles. The molecule has 0 spiro atoms. The number of hydrogen-bond donors (Lipinski definition) is 8. The van der Waals surface area contributed by atoms with E-state index in [1.807, 2.05) is 27.7 Å². The number of ether oxygens (including phenoxy) is 3. The van der Waals surface area contributed by atoms with Gasteiger partial charge in [0, 0.05) is 18.9 Å². The Labute approximate surface area is 301 Å². The highest BCUT2D eigenvalue weighted by Gasteiger charge is 2.73. The summed E-state index contributed by atoms with van der Waals surface area (Å²) in [6.07, 6.45) is -3.57. The van der Waals surface area contributed by atoms with Gasteiger partial charge in [-0.3, -0.25) is 4.79 Å². The molecule has 0 radical (unpaired) electrons. The Hall–Kier alpha value is -2.13. The average molecular weight is 721 g/mol. The number of unbranched alkanes of at least 4 members (excludes halogenated alkanes) is 1. The number of Topliss-reactive ketones (excluding diaryl/α,β-unsaturated/α-hetero) is 1. The fourth-order valence-corrected chi connectivity index (χ4v) is 10.2. The molecule has 8 N–H and O–H groups in total. The maximum Gasteiger partial charge on any atom is 0.229 e. The molecule has 1 aliphatic heterocycles. The van der Waals surface area contributed by atoms with Crippen molar-refractivity contribution in [1.29, 1.82) is 0 Å². The second kappa shape index (κ2) is 13.9. The van der Waals surface area contributed by atoms with Gasteiger partial charge >= 0.3 is 0 Å². The number of phenolic OH excluding ortho intramolecular Hbond substituents is 1. The number of hydrogen-bond acceptors (Lipinski definition) is 12. The number of aromatic hydroxyl groups is 1. The van der Waals surface area contributed by atoms with Crippen LogP contribution in [0.4, 0.5) is 0 Å². The molecular weight excluding hydrogens is 660 g/mol. The lowest BCUT2D eigenvalue weighted by molar-refractivity contribution is -0.277. The van der Waals surface area contributed by atoms with E-state index in [4.69, 9.17) is 14.2 Å². The Morgan fingerprint density at radius 2 is 1.75 bits per heavy atom. The summed E-state index contributed by atoms with van der Waals surface area (Å²) in [5.74, 6) is -1.57. The van der Waals surface area contributed by atoms with Gasteiger partial charge in [0.1, 0.15) is 36.3 Å². The molecule has 0 amide bonds. The predicted octanol–water partition coefficient (Wildman–Crippen LogP) is 2.33. The third-order valence-electron chi connectivity index (χ3n) is 13.4. The standard InChI is InChI=1S/C39H60O12/c1-9-10-15-49-35(3,4)14-13-27(42)39(8,48)33-23(41)17-36(5)26-12-11-21-20(2)29(44)24(16-22(21)38(26,7)28(43)18-37(33,36)6)50-34-32(47)31(46)30(45)25(19-40)51-34/h13-14,16,23,25-27,30-34,40-42,44-48H,9-12,15,17-19H2,1-8H3/b14-13+/t23?,25?,26-,27?,30?,31?,32?,33?,34?,36-,37+,38+,39?/m0/s1. The van der Waals surface area contributed by atoms with E-state index in [9.17, 15) is 45.6 Å². The number of fused-ring (bicyclic) bond motifs is 5. The summed E-state index contributed by atoms with van der Waals surface area (Å²) in [6.45, 7) is 14.9. The lowest BCUT2D eigenvalue weighted by Gasteiger charge is -2.62. The number of aliphatic hydroxyl groups is 7. The number of rotatable bonds is 11. The first kappa shape index (κ1) is 40.1. The summed E-state index contributed by atoms with van der Waals surface area (Å²) in [5, 5.41) is 87.5. The average Bonchev–Trinajstić information content (AvgIpc) is 3.27. The highest BCUT2D eigenvalue weighted by atomic mass is 16.7.